The first-order valence-corrected chi connectivity index (χ1v) is 8.84. The van der Waals surface area contributed by atoms with Gasteiger partial charge in [0, 0.05) is 28.4 Å². The fourth-order valence-corrected chi connectivity index (χ4v) is 3.60. The van der Waals surface area contributed by atoms with Crippen molar-refractivity contribution in [2.75, 3.05) is 17.7 Å². The van der Waals surface area contributed by atoms with Gasteiger partial charge in [0.1, 0.15) is 5.75 Å². The van der Waals surface area contributed by atoms with Gasteiger partial charge in [-0.15, -0.1) is 11.3 Å². The zero-order valence-electron chi connectivity index (χ0n) is 13.9. The van der Waals surface area contributed by atoms with Gasteiger partial charge in [0.2, 0.25) is 5.91 Å². The van der Waals surface area contributed by atoms with Crippen LogP contribution in [0, 0.1) is 0 Å². The summed E-state index contributed by atoms with van der Waals surface area (Å²) in [6.07, 6.45) is 0. The van der Waals surface area contributed by atoms with Crippen molar-refractivity contribution in [2.24, 2.45) is 0 Å². The van der Waals surface area contributed by atoms with Crippen LogP contribution in [-0.4, -0.2) is 18.0 Å². The second-order valence-electron chi connectivity index (χ2n) is 5.91. The minimum Gasteiger partial charge on any atom is -0.497 e. The van der Waals surface area contributed by atoms with Crippen LogP contribution in [0.25, 0.3) is 11.3 Å². The number of ether oxygens (including phenoxy) is 1. The van der Waals surface area contributed by atoms with Crippen molar-refractivity contribution in [1.82, 2.24) is 4.98 Å². The molecule has 1 aliphatic rings. The third kappa shape index (κ3) is 2.96. The highest BCUT2D eigenvalue weighted by Crippen LogP contribution is 2.36. The maximum atomic E-state index is 11.8. The highest BCUT2D eigenvalue weighted by molar-refractivity contribution is 7.14. The van der Waals surface area contributed by atoms with E-state index in [0.29, 0.717) is 0 Å². The Balaban J connectivity index is 1.58. The number of fused-ring (bicyclic) bond motifs is 1. The maximum absolute atomic E-state index is 11.8. The molecule has 1 atom stereocenters. The number of nitrogens with one attached hydrogen (secondary N) is 2. The number of benzene rings is 2. The molecule has 0 bridgehead atoms. The SMILES string of the molecule is COc1cccc(Nc2nc(-c3ccc4c(c3)[C@@H](C)C(=O)N4)cs2)c1. The summed E-state index contributed by atoms with van der Waals surface area (Å²) in [7, 11) is 1.65. The van der Waals surface area contributed by atoms with Crippen LogP contribution < -0.4 is 15.4 Å². The molecular formula is C19H17N3O2S. The minimum atomic E-state index is -0.122. The molecule has 3 aromatic rings. The molecule has 1 amide bonds. The highest BCUT2D eigenvalue weighted by atomic mass is 32.1. The molecule has 6 heteroatoms. The van der Waals surface area contributed by atoms with Crippen LogP contribution in [0.15, 0.2) is 47.8 Å². The first kappa shape index (κ1) is 15.7. The number of rotatable bonds is 4. The lowest BCUT2D eigenvalue weighted by Gasteiger charge is -2.05. The molecule has 4 rings (SSSR count). The Hall–Kier alpha value is -2.86. The summed E-state index contributed by atoms with van der Waals surface area (Å²) < 4.78 is 5.24. The Morgan fingerprint density at radius 3 is 2.96 bits per heavy atom. The molecule has 1 aliphatic heterocycles. The summed E-state index contributed by atoms with van der Waals surface area (Å²) in [5, 5.41) is 9.02. The summed E-state index contributed by atoms with van der Waals surface area (Å²) in [5.74, 6) is 0.723. The Bertz CT molecular complexity index is 951. The number of aromatic nitrogens is 1. The standard InChI is InChI=1S/C19H17N3O2S/c1-11-15-8-12(6-7-16(15)21-18(11)23)17-10-25-19(22-17)20-13-4-3-5-14(9-13)24-2/h3-11H,1-2H3,(H,20,22)(H,21,23)/t11-/m1/s1. The van der Waals surface area contributed by atoms with Crippen LogP contribution in [-0.2, 0) is 4.79 Å². The first-order chi connectivity index (χ1) is 12.1. The maximum Gasteiger partial charge on any atom is 0.231 e. The van der Waals surface area contributed by atoms with Gasteiger partial charge in [0.15, 0.2) is 5.13 Å². The van der Waals surface area contributed by atoms with Crippen molar-refractivity contribution in [3.05, 3.63) is 53.4 Å². The van der Waals surface area contributed by atoms with Crippen molar-refractivity contribution in [1.29, 1.82) is 0 Å². The van der Waals surface area contributed by atoms with E-state index >= 15 is 0 Å². The molecule has 0 radical (unpaired) electrons. The molecule has 25 heavy (non-hydrogen) atoms. The van der Waals surface area contributed by atoms with Gasteiger partial charge in [-0.2, -0.15) is 0 Å². The van der Waals surface area contributed by atoms with E-state index in [9.17, 15) is 4.79 Å². The third-order valence-corrected chi connectivity index (χ3v) is 5.05. The average molecular weight is 351 g/mol. The number of methoxy groups -OCH3 is 1. The van der Waals surface area contributed by atoms with Crippen LogP contribution in [0.5, 0.6) is 5.75 Å². The number of amides is 1. The van der Waals surface area contributed by atoms with Crippen molar-refractivity contribution in [2.45, 2.75) is 12.8 Å². The summed E-state index contributed by atoms with van der Waals surface area (Å²) in [4.78, 5) is 16.5. The zero-order valence-corrected chi connectivity index (χ0v) is 14.7. The lowest BCUT2D eigenvalue weighted by Crippen LogP contribution is -2.08. The minimum absolute atomic E-state index is 0.0470. The predicted molar refractivity (Wildman–Crippen MR) is 101 cm³/mol. The van der Waals surface area contributed by atoms with E-state index in [1.165, 1.54) is 0 Å². The molecule has 2 heterocycles. The molecule has 0 unspecified atom stereocenters. The molecular weight excluding hydrogens is 334 g/mol. The number of anilines is 3. The van der Waals surface area contributed by atoms with E-state index < -0.39 is 0 Å². The summed E-state index contributed by atoms with van der Waals surface area (Å²) in [5.41, 5.74) is 4.75. The van der Waals surface area contributed by atoms with E-state index in [1.807, 2.05) is 54.8 Å². The molecule has 0 spiro atoms. The van der Waals surface area contributed by atoms with Gasteiger partial charge in [-0.1, -0.05) is 12.1 Å². The van der Waals surface area contributed by atoms with E-state index in [0.717, 1.165) is 39.1 Å². The van der Waals surface area contributed by atoms with Crippen LogP contribution in [0.1, 0.15) is 18.4 Å². The number of carbonyl (C=O) groups excluding carboxylic acids is 1. The van der Waals surface area contributed by atoms with Crippen LogP contribution in [0.3, 0.4) is 0 Å². The van der Waals surface area contributed by atoms with Crippen LogP contribution >= 0.6 is 11.3 Å². The zero-order chi connectivity index (χ0) is 17.4. The van der Waals surface area contributed by atoms with Crippen molar-refractivity contribution >= 4 is 33.8 Å². The Kier molecular flexibility index (Phi) is 3.89. The number of nitrogens with zero attached hydrogens (tertiary/aromatic N) is 1. The Morgan fingerprint density at radius 1 is 1.24 bits per heavy atom. The molecule has 2 N–H and O–H groups in total. The number of hydrogen-bond donors (Lipinski definition) is 2. The summed E-state index contributed by atoms with van der Waals surface area (Å²) in [6, 6.07) is 13.7. The van der Waals surface area contributed by atoms with Gasteiger partial charge in [-0.3, -0.25) is 4.79 Å². The average Bonchev–Trinajstić information content (AvgIpc) is 3.20. The molecule has 5 nitrogen and oxygen atoms in total. The molecule has 2 aromatic carbocycles. The fraction of sp³-hybridized carbons (Fsp3) is 0.158. The van der Waals surface area contributed by atoms with Gasteiger partial charge in [0.05, 0.1) is 18.7 Å². The third-order valence-electron chi connectivity index (χ3n) is 4.29. The van der Waals surface area contributed by atoms with Crippen molar-refractivity contribution < 1.29 is 9.53 Å². The lowest BCUT2D eigenvalue weighted by atomic mass is 10.00. The second kappa shape index (κ2) is 6.22. The predicted octanol–water partition coefficient (Wildman–Crippen LogP) is 4.62. The van der Waals surface area contributed by atoms with Crippen molar-refractivity contribution in [3.8, 4) is 17.0 Å². The number of hydrogen-bond acceptors (Lipinski definition) is 5. The van der Waals surface area contributed by atoms with Gasteiger partial charge in [0.25, 0.3) is 0 Å². The monoisotopic (exact) mass is 351 g/mol. The molecule has 0 saturated carbocycles. The topological polar surface area (TPSA) is 63.2 Å². The Morgan fingerprint density at radius 2 is 2.12 bits per heavy atom. The first-order valence-electron chi connectivity index (χ1n) is 7.96. The fourth-order valence-electron chi connectivity index (χ4n) is 2.86. The van der Waals surface area contributed by atoms with E-state index in [1.54, 1.807) is 18.4 Å². The number of carbonyl (C=O) groups is 1. The number of thiazole rings is 1. The van der Waals surface area contributed by atoms with E-state index in [4.69, 9.17) is 4.74 Å². The molecule has 0 saturated heterocycles. The Labute approximate surface area is 149 Å². The smallest absolute Gasteiger partial charge is 0.231 e. The normalized spacial score (nSPS) is 15.6. The molecule has 126 valence electrons. The molecule has 0 fully saturated rings. The summed E-state index contributed by atoms with van der Waals surface area (Å²) in [6.45, 7) is 1.92. The van der Waals surface area contributed by atoms with Gasteiger partial charge in [-0.05, 0) is 36.8 Å². The largest absolute Gasteiger partial charge is 0.497 e. The summed E-state index contributed by atoms with van der Waals surface area (Å²) >= 11 is 1.54. The molecule has 1 aromatic heterocycles. The van der Waals surface area contributed by atoms with Gasteiger partial charge in [-0.25, -0.2) is 4.98 Å². The quantitative estimate of drug-likeness (QED) is 0.720. The van der Waals surface area contributed by atoms with Crippen LogP contribution in [0.4, 0.5) is 16.5 Å². The van der Waals surface area contributed by atoms with Crippen LogP contribution in [0.2, 0.25) is 0 Å². The van der Waals surface area contributed by atoms with Gasteiger partial charge < -0.3 is 15.4 Å². The lowest BCUT2D eigenvalue weighted by molar-refractivity contribution is -0.116. The van der Waals surface area contributed by atoms with E-state index in [-0.39, 0.29) is 11.8 Å². The van der Waals surface area contributed by atoms with Gasteiger partial charge >= 0.3 is 0 Å². The second-order valence-corrected chi connectivity index (χ2v) is 6.77. The van der Waals surface area contributed by atoms with E-state index in [2.05, 4.69) is 15.6 Å². The molecule has 0 aliphatic carbocycles. The van der Waals surface area contributed by atoms with Crippen molar-refractivity contribution in [3.63, 3.8) is 0 Å². The highest BCUT2D eigenvalue weighted by Gasteiger charge is 2.26.